The van der Waals surface area contributed by atoms with E-state index in [1.807, 2.05) is 11.8 Å². The fourth-order valence-corrected chi connectivity index (χ4v) is 3.40. The SMILES string of the molecule is Cc1cc(Cl)ccc1NC(=O)NCc1nc(C(=O)N2CCC(C)CC2)c(C)o1. The number of amides is 3. The van der Waals surface area contributed by atoms with Gasteiger partial charge in [-0.05, 0) is 56.4 Å². The van der Waals surface area contributed by atoms with Crippen LogP contribution in [0.15, 0.2) is 22.6 Å². The third-order valence-corrected chi connectivity index (χ3v) is 5.19. The second-order valence-corrected chi connectivity index (χ2v) is 7.69. The first kappa shape index (κ1) is 20.2. The Labute approximate surface area is 169 Å². The molecule has 28 heavy (non-hydrogen) atoms. The largest absolute Gasteiger partial charge is 0.443 e. The average Bonchev–Trinajstić information content (AvgIpc) is 3.03. The minimum Gasteiger partial charge on any atom is -0.443 e. The van der Waals surface area contributed by atoms with Crippen molar-refractivity contribution < 1.29 is 14.0 Å². The van der Waals surface area contributed by atoms with Crippen LogP contribution in [0.3, 0.4) is 0 Å². The normalized spacial score (nSPS) is 14.8. The molecular formula is C20H25ClN4O3. The molecule has 1 aliphatic rings. The molecule has 1 aliphatic heterocycles. The minimum atomic E-state index is -0.390. The van der Waals surface area contributed by atoms with E-state index in [0.29, 0.717) is 34.0 Å². The summed E-state index contributed by atoms with van der Waals surface area (Å²) in [6.45, 7) is 7.34. The van der Waals surface area contributed by atoms with E-state index < -0.39 is 0 Å². The number of aromatic nitrogens is 1. The standard InChI is InChI=1S/C20H25ClN4O3/c1-12-6-8-25(9-7-12)19(26)18-14(3)28-17(24-18)11-22-20(27)23-16-5-4-15(21)10-13(16)2/h4-5,10,12H,6-9,11H2,1-3H3,(H2,22,23,27). The maximum atomic E-state index is 12.7. The van der Waals surface area contributed by atoms with Crippen LogP contribution in [0.4, 0.5) is 10.5 Å². The highest BCUT2D eigenvalue weighted by Gasteiger charge is 2.26. The lowest BCUT2D eigenvalue weighted by Gasteiger charge is -2.29. The van der Waals surface area contributed by atoms with Gasteiger partial charge >= 0.3 is 6.03 Å². The van der Waals surface area contributed by atoms with Gasteiger partial charge in [0.2, 0.25) is 5.89 Å². The topological polar surface area (TPSA) is 87.5 Å². The lowest BCUT2D eigenvalue weighted by molar-refractivity contribution is 0.0690. The van der Waals surface area contributed by atoms with E-state index in [2.05, 4.69) is 22.5 Å². The van der Waals surface area contributed by atoms with Gasteiger partial charge in [-0.15, -0.1) is 0 Å². The maximum absolute atomic E-state index is 12.7. The van der Waals surface area contributed by atoms with Crippen molar-refractivity contribution in [1.82, 2.24) is 15.2 Å². The highest BCUT2D eigenvalue weighted by atomic mass is 35.5. The number of carbonyl (C=O) groups is 2. The van der Waals surface area contributed by atoms with Crippen molar-refractivity contribution in [2.75, 3.05) is 18.4 Å². The molecule has 0 unspecified atom stereocenters. The lowest BCUT2D eigenvalue weighted by atomic mass is 9.99. The van der Waals surface area contributed by atoms with E-state index in [1.54, 1.807) is 25.1 Å². The average molecular weight is 405 g/mol. The molecule has 1 saturated heterocycles. The number of urea groups is 1. The Bertz CT molecular complexity index is 872. The van der Waals surface area contributed by atoms with Gasteiger partial charge in [0.25, 0.3) is 5.91 Å². The molecule has 0 bridgehead atoms. The molecule has 3 amide bonds. The molecule has 150 valence electrons. The van der Waals surface area contributed by atoms with Crippen LogP contribution in [0, 0.1) is 19.8 Å². The van der Waals surface area contributed by atoms with Crippen LogP contribution in [0.1, 0.15) is 47.5 Å². The third-order valence-electron chi connectivity index (χ3n) is 4.95. The smallest absolute Gasteiger partial charge is 0.319 e. The summed E-state index contributed by atoms with van der Waals surface area (Å²) in [5, 5.41) is 6.05. The molecule has 0 saturated carbocycles. The van der Waals surface area contributed by atoms with Crippen LogP contribution in [0.2, 0.25) is 5.02 Å². The van der Waals surface area contributed by atoms with Crippen LogP contribution in [-0.2, 0) is 6.54 Å². The molecule has 1 aromatic carbocycles. The lowest BCUT2D eigenvalue weighted by Crippen LogP contribution is -2.38. The second kappa shape index (κ2) is 8.65. The molecule has 2 N–H and O–H groups in total. The van der Waals surface area contributed by atoms with Crippen molar-refractivity contribution in [3.63, 3.8) is 0 Å². The molecule has 0 radical (unpaired) electrons. The first-order chi connectivity index (χ1) is 13.3. The molecule has 8 heteroatoms. The van der Waals surface area contributed by atoms with E-state index >= 15 is 0 Å². The van der Waals surface area contributed by atoms with Crippen LogP contribution in [-0.4, -0.2) is 34.9 Å². The zero-order valence-corrected chi connectivity index (χ0v) is 17.1. The number of hydrogen-bond acceptors (Lipinski definition) is 4. The predicted molar refractivity (Wildman–Crippen MR) is 108 cm³/mol. The summed E-state index contributed by atoms with van der Waals surface area (Å²) in [6, 6.07) is 4.83. The molecule has 1 fully saturated rings. The molecule has 2 heterocycles. The van der Waals surface area contributed by atoms with Gasteiger partial charge in [0.15, 0.2) is 5.69 Å². The van der Waals surface area contributed by atoms with Gasteiger partial charge < -0.3 is 20.0 Å². The Hall–Kier alpha value is -2.54. The van der Waals surface area contributed by atoms with E-state index in [-0.39, 0.29) is 18.5 Å². The number of nitrogens with one attached hydrogen (secondary N) is 2. The molecular weight excluding hydrogens is 380 g/mol. The van der Waals surface area contributed by atoms with Crippen molar-refractivity contribution in [3.8, 4) is 0 Å². The summed E-state index contributed by atoms with van der Waals surface area (Å²) in [7, 11) is 0. The Morgan fingerprint density at radius 1 is 1.29 bits per heavy atom. The number of nitrogens with zero attached hydrogens (tertiary/aromatic N) is 2. The van der Waals surface area contributed by atoms with Crippen molar-refractivity contribution in [2.24, 2.45) is 5.92 Å². The van der Waals surface area contributed by atoms with E-state index in [9.17, 15) is 9.59 Å². The van der Waals surface area contributed by atoms with Gasteiger partial charge in [0.05, 0.1) is 6.54 Å². The highest BCUT2D eigenvalue weighted by molar-refractivity contribution is 6.30. The number of benzene rings is 1. The number of oxazole rings is 1. The number of aryl methyl sites for hydroxylation is 2. The molecule has 0 aliphatic carbocycles. The fraction of sp³-hybridized carbons (Fsp3) is 0.450. The molecule has 2 aromatic rings. The van der Waals surface area contributed by atoms with Crippen molar-refractivity contribution in [1.29, 1.82) is 0 Å². The predicted octanol–water partition coefficient (Wildman–Crippen LogP) is 4.14. The summed E-state index contributed by atoms with van der Waals surface area (Å²) >= 11 is 5.92. The van der Waals surface area contributed by atoms with Crippen molar-refractivity contribution in [2.45, 2.75) is 40.2 Å². The van der Waals surface area contributed by atoms with Crippen molar-refractivity contribution >= 4 is 29.2 Å². The number of halogens is 1. The van der Waals surface area contributed by atoms with Crippen molar-refractivity contribution in [3.05, 3.63) is 46.1 Å². The molecule has 0 spiro atoms. The van der Waals surface area contributed by atoms with Crippen LogP contribution in [0.5, 0.6) is 0 Å². The zero-order valence-electron chi connectivity index (χ0n) is 16.3. The zero-order chi connectivity index (χ0) is 20.3. The number of likely N-dealkylation sites (tertiary alicyclic amines) is 1. The van der Waals surface area contributed by atoms with Gasteiger partial charge in [-0.25, -0.2) is 9.78 Å². The Morgan fingerprint density at radius 3 is 2.68 bits per heavy atom. The van der Waals surface area contributed by atoms with Gasteiger partial charge in [0, 0.05) is 23.8 Å². The Kier molecular flexibility index (Phi) is 6.24. The Morgan fingerprint density at radius 2 is 2.00 bits per heavy atom. The van der Waals surface area contributed by atoms with E-state index in [4.69, 9.17) is 16.0 Å². The minimum absolute atomic E-state index is 0.0869. The molecule has 0 atom stereocenters. The third kappa shape index (κ3) is 4.84. The quantitative estimate of drug-likeness (QED) is 0.801. The van der Waals surface area contributed by atoms with E-state index in [0.717, 1.165) is 31.5 Å². The summed E-state index contributed by atoms with van der Waals surface area (Å²) in [6.07, 6.45) is 2.00. The summed E-state index contributed by atoms with van der Waals surface area (Å²) in [4.78, 5) is 30.9. The highest BCUT2D eigenvalue weighted by Crippen LogP contribution is 2.21. The number of hydrogen-bond donors (Lipinski definition) is 2. The molecule has 7 nitrogen and oxygen atoms in total. The summed E-state index contributed by atoms with van der Waals surface area (Å²) in [5.41, 5.74) is 1.85. The van der Waals surface area contributed by atoms with Crippen LogP contribution < -0.4 is 10.6 Å². The van der Waals surface area contributed by atoms with Gasteiger partial charge in [-0.1, -0.05) is 18.5 Å². The first-order valence-electron chi connectivity index (χ1n) is 9.40. The summed E-state index contributed by atoms with van der Waals surface area (Å²) in [5.74, 6) is 1.30. The molecule has 3 rings (SSSR count). The first-order valence-corrected chi connectivity index (χ1v) is 9.78. The monoisotopic (exact) mass is 404 g/mol. The number of piperidine rings is 1. The second-order valence-electron chi connectivity index (χ2n) is 7.25. The Balaban J connectivity index is 1.57. The maximum Gasteiger partial charge on any atom is 0.319 e. The van der Waals surface area contributed by atoms with Gasteiger partial charge in [0.1, 0.15) is 5.76 Å². The van der Waals surface area contributed by atoms with Gasteiger partial charge in [-0.3, -0.25) is 4.79 Å². The van der Waals surface area contributed by atoms with Crippen LogP contribution >= 0.6 is 11.6 Å². The van der Waals surface area contributed by atoms with E-state index in [1.165, 1.54) is 0 Å². The summed E-state index contributed by atoms with van der Waals surface area (Å²) < 4.78 is 5.57. The van der Waals surface area contributed by atoms with Crippen LogP contribution in [0.25, 0.3) is 0 Å². The number of anilines is 1. The number of carbonyl (C=O) groups excluding carboxylic acids is 2. The number of rotatable bonds is 4. The molecule has 1 aromatic heterocycles. The fourth-order valence-electron chi connectivity index (χ4n) is 3.18. The van der Waals surface area contributed by atoms with Gasteiger partial charge in [-0.2, -0.15) is 0 Å².